The van der Waals surface area contributed by atoms with Crippen LogP contribution in [0.3, 0.4) is 0 Å². The zero-order valence-electron chi connectivity index (χ0n) is 20.2. The standard InChI is InChI=1S/C26H32N6O2S/c1-12-20(25-31-22-19(35-25)8-9-27-21(22)13-6-7-13)24(29-14-10-15-16(11-14)23(15)33)32-26(28-12)30-17-4-3-5-18(17)34-2/h8-9,13-18,23,33H,3-7,10-11H2,1-2H3,(H2,28,29,30,32)/t14?,15-,16?,17-,18-,23?/m0/s1. The van der Waals surface area contributed by atoms with Gasteiger partial charge in [-0.25, -0.2) is 9.97 Å². The highest BCUT2D eigenvalue weighted by molar-refractivity contribution is 7.21. The van der Waals surface area contributed by atoms with E-state index in [4.69, 9.17) is 19.7 Å². The molecule has 3 heterocycles. The number of thiazole rings is 1. The SMILES string of the molecule is CO[C@H]1CCC[C@@H]1Nc1nc(C)c(-c2nc3c(C4CC4)nccc3s2)c(NC2CC3C(O)[C@H]3C2)n1. The first kappa shape index (κ1) is 21.9. The van der Waals surface area contributed by atoms with Crippen LogP contribution in [-0.4, -0.2) is 56.4 Å². The number of anilines is 2. The average Bonchev–Trinajstić information content (AvgIpc) is 3.55. The Balaban J connectivity index is 1.26. The van der Waals surface area contributed by atoms with E-state index < -0.39 is 0 Å². The van der Waals surface area contributed by atoms with E-state index in [-0.39, 0.29) is 18.2 Å². The van der Waals surface area contributed by atoms with Crippen LogP contribution in [0, 0.1) is 18.8 Å². The highest BCUT2D eigenvalue weighted by atomic mass is 32.1. The van der Waals surface area contributed by atoms with Gasteiger partial charge in [0, 0.05) is 25.3 Å². The van der Waals surface area contributed by atoms with Gasteiger partial charge in [0.1, 0.15) is 16.3 Å². The van der Waals surface area contributed by atoms with E-state index in [1.807, 2.05) is 6.20 Å². The third kappa shape index (κ3) is 3.88. The number of nitrogens with one attached hydrogen (secondary N) is 2. The Morgan fingerprint density at radius 2 is 1.89 bits per heavy atom. The van der Waals surface area contributed by atoms with Crippen LogP contribution < -0.4 is 10.6 Å². The van der Waals surface area contributed by atoms with Crippen LogP contribution in [0.5, 0.6) is 0 Å². The maximum absolute atomic E-state index is 10.0. The summed E-state index contributed by atoms with van der Waals surface area (Å²) < 4.78 is 6.85. The summed E-state index contributed by atoms with van der Waals surface area (Å²) in [5.41, 5.74) is 4.06. The highest BCUT2D eigenvalue weighted by Crippen LogP contribution is 2.53. The first-order valence-electron chi connectivity index (χ1n) is 13.0. The molecule has 8 nitrogen and oxygen atoms in total. The molecule has 184 valence electrons. The molecule has 3 aromatic rings. The fourth-order valence-corrected chi connectivity index (χ4v) is 7.36. The first-order valence-corrected chi connectivity index (χ1v) is 13.8. The highest BCUT2D eigenvalue weighted by Gasteiger charge is 2.55. The van der Waals surface area contributed by atoms with Crippen molar-refractivity contribution in [1.29, 1.82) is 0 Å². The zero-order chi connectivity index (χ0) is 23.7. The van der Waals surface area contributed by atoms with Crippen molar-refractivity contribution in [2.45, 2.75) is 82.1 Å². The molecule has 3 aromatic heterocycles. The molecule has 35 heavy (non-hydrogen) atoms. The number of hydrogen-bond acceptors (Lipinski definition) is 9. The second-order valence-corrected chi connectivity index (χ2v) is 11.8. The molecule has 3 N–H and O–H groups in total. The topological polar surface area (TPSA) is 105 Å². The largest absolute Gasteiger partial charge is 0.393 e. The number of methoxy groups -OCH3 is 1. The molecule has 0 aliphatic heterocycles. The van der Waals surface area contributed by atoms with Crippen LogP contribution in [0.25, 0.3) is 20.8 Å². The number of aliphatic hydroxyl groups excluding tert-OH is 1. The van der Waals surface area contributed by atoms with E-state index in [9.17, 15) is 5.11 Å². The van der Waals surface area contributed by atoms with E-state index in [0.717, 1.165) is 65.4 Å². The maximum atomic E-state index is 10.0. The van der Waals surface area contributed by atoms with Gasteiger partial charge < -0.3 is 20.5 Å². The number of ether oxygens (including phenoxy) is 1. The van der Waals surface area contributed by atoms with Gasteiger partial charge in [-0.2, -0.15) is 4.98 Å². The second kappa shape index (κ2) is 8.35. The summed E-state index contributed by atoms with van der Waals surface area (Å²) >= 11 is 1.70. The first-order chi connectivity index (χ1) is 17.1. The Morgan fingerprint density at radius 1 is 1.06 bits per heavy atom. The lowest BCUT2D eigenvalue weighted by Crippen LogP contribution is -2.31. The lowest BCUT2D eigenvalue weighted by Gasteiger charge is -2.22. The van der Waals surface area contributed by atoms with Gasteiger partial charge in [0.15, 0.2) is 0 Å². The predicted molar refractivity (Wildman–Crippen MR) is 137 cm³/mol. The number of aromatic nitrogens is 4. The molecule has 3 unspecified atom stereocenters. The fraction of sp³-hybridized carbons (Fsp3) is 0.615. The van der Waals surface area contributed by atoms with E-state index in [1.165, 1.54) is 17.5 Å². The average molecular weight is 493 g/mol. The molecular formula is C26H32N6O2S. The summed E-state index contributed by atoms with van der Waals surface area (Å²) in [4.78, 5) is 19.6. The normalized spacial score (nSPS) is 31.6. The Kier molecular flexibility index (Phi) is 5.22. The Bertz CT molecular complexity index is 1260. The molecular weight excluding hydrogens is 460 g/mol. The number of hydrogen-bond donors (Lipinski definition) is 3. The summed E-state index contributed by atoms with van der Waals surface area (Å²) in [6, 6.07) is 2.60. The molecule has 0 spiro atoms. The molecule has 4 saturated carbocycles. The minimum Gasteiger partial charge on any atom is -0.393 e. The van der Waals surface area contributed by atoms with Crippen molar-refractivity contribution in [1.82, 2.24) is 19.9 Å². The number of fused-ring (bicyclic) bond motifs is 2. The maximum Gasteiger partial charge on any atom is 0.225 e. The molecule has 0 aromatic carbocycles. The third-order valence-electron chi connectivity index (χ3n) is 8.41. The number of aryl methyl sites for hydroxylation is 1. The summed E-state index contributed by atoms with van der Waals surface area (Å²) in [6.45, 7) is 2.05. The van der Waals surface area contributed by atoms with Crippen LogP contribution in [-0.2, 0) is 4.74 Å². The van der Waals surface area contributed by atoms with Crippen molar-refractivity contribution >= 4 is 33.3 Å². The quantitative estimate of drug-likeness (QED) is 0.443. The van der Waals surface area contributed by atoms with E-state index >= 15 is 0 Å². The van der Waals surface area contributed by atoms with E-state index in [0.29, 0.717) is 29.7 Å². The van der Waals surface area contributed by atoms with Crippen LogP contribution >= 0.6 is 11.3 Å². The van der Waals surface area contributed by atoms with Gasteiger partial charge in [-0.1, -0.05) is 0 Å². The molecule has 9 heteroatoms. The molecule has 7 rings (SSSR count). The van der Waals surface area contributed by atoms with Gasteiger partial charge in [0.05, 0.1) is 39.9 Å². The second-order valence-electron chi connectivity index (χ2n) is 10.8. The summed E-state index contributed by atoms with van der Waals surface area (Å²) in [5.74, 6) is 2.91. The van der Waals surface area contributed by atoms with Crippen molar-refractivity contribution in [2.75, 3.05) is 17.7 Å². The number of nitrogens with zero attached hydrogens (tertiary/aromatic N) is 4. The Morgan fingerprint density at radius 3 is 2.66 bits per heavy atom. The molecule has 0 amide bonds. The van der Waals surface area contributed by atoms with Gasteiger partial charge in [0.25, 0.3) is 0 Å². The summed E-state index contributed by atoms with van der Waals surface area (Å²) in [6.07, 6.45) is 9.64. The van der Waals surface area contributed by atoms with Gasteiger partial charge in [0.2, 0.25) is 5.95 Å². The van der Waals surface area contributed by atoms with Crippen LogP contribution in [0.1, 0.15) is 62.3 Å². The van der Waals surface area contributed by atoms with Crippen molar-refractivity contribution in [2.24, 2.45) is 11.8 Å². The Labute approximate surface area is 209 Å². The zero-order valence-corrected chi connectivity index (χ0v) is 21.0. The van der Waals surface area contributed by atoms with Gasteiger partial charge >= 0.3 is 0 Å². The Hall–Kier alpha value is -2.36. The van der Waals surface area contributed by atoms with Crippen LogP contribution in [0.15, 0.2) is 12.3 Å². The molecule has 4 aliphatic rings. The number of aliphatic hydroxyl groups is 1. The third-order valence-corrected chi connectivity index (χ3v) is 9.45. The molecule has 0 bridgehead atoms. The molecule has 0 radical (unpaired) electrons. The lowest BCUT2D eigenvalue weighted by molar-refractivity contribution is 0.101. The number of pyridine rings is 1. The smallest absolute Gasteiger partial charge is 0.225 e. The van der Waals surface area contributed by atoms with Gasteiger partial charge in [-0.05, 0) is 69.8 Å². The van der Waals surface area contributed by atoms with Crippen molar-refractivity contribution in [3.8, 4) is 10.6 Å². The number of rotatable bonds is 7. The summed E-state index contributed by atoms with van der Waals surface area (Å²) in [5, 5.41) is 18.3. The predicted octanol–water partition coefficient (Wildman–Crippen LogP) is 4.49. The van der Waals surface area contributed by atoms with Crippen molar-refractivity contribution < 1.29 is 9.84 Å². The lowest BCUT2D eigenvalue weighted by atomic mass is 10.1. The fourth-order valence-electron chi connectivity index (χ4n) is 6.29. The molecule has 4 aliphatic carbocycles. The van der Waals surface area contributed by atoms with Crippen LogP contribution in [0.4, 0.5) is 11.8 Å². The molecule has 6 atom stereocenters. The van der Waals surface area contributed by atoms with Gasteiger partial charge in [-0.15, -0.1) is 11.3 Å². The minimum absolute atomic E-state index is 0.108. The summed E-state index contributed by atoms with van der Waals surface area (Å²) in [7, 11) is 1.78. The molecule has 4 fully saturated rings. The van der Waals surface area contributed by atoms with Crippen LogP contribution in [0.2, 0.25) is 0 Å². The van der Waals surface area contributed by atoms with E-state index in [2.05, 4.69) is 28.6 Å². The van der Waals surface area contributed by atoms with E-state index in [1.54, 1.807) is 18.4 Å². The van der Waals surface area contributed by atoms with Gasteiger partial charge in [-0.3, -0.25) is 4.98 Å². The minimum atomic E-state index is -0.108. The monoisotopic (exact) mass is 492 g/mol. The van der Waals surface area contributed by atoms with Crippen molar-refractivity contribution in [3.05, 3.63) is 23.7 Å². The van der Waals surface area contributed by atoms with Crippen molar-refractivity contribution in [3.63, 3.8) is 0 Å². The molecule has 0 saturated heterocycles.